The fourth-order valence-corrected chi connectivity index (χ4v) is 3.09. The summed E-state index contributed by atoms with van der Waals surface area (Å²) in [6, 6.07) is 0.00486. The second kappa shape index (κ2) is 5.85. The number of nitrogens with two attached hydrogens (primary N) is 1. The molecule has 1 fully saturated rings. The van der Waals surface area contributed by atoms with Crippen LogP contribution in [0.5, 0.6) is 0 Å². The quantitative estimate of drug-likeness (QED) is 0.569. The van der Waals surface area contributed by atoms with E-state index >= 15 is 0 Å². The summed E-state index contributed by atoms with van der Waals surface area (Å²) in [5.74, 6) is 6.72. The van der Waals surface area contributed by atoms with E-state index in [1.165, 1.54) is 19.3 Å². The van der Waals surface area contributed by atoms with E-state index in [9.17, 15) is 0 Å². The molecule has 1 aliphatic carbocycles. The highest BCUT2D eigenvalue weighted by Crippen LogP contribution is 2.37. The Kier molecular flexibility index (Phi) is 4.42. The van der Waals surface area contributed by atoms with Crippen LogP contribution in [0.4, 0.5) is 0 Å². The molecule has 0 radical (unpaired) electrons. The monoisotopic (exact) mass is 240 g/mol. The lowest BCUT2D eigenvalue weighted by molar-refractivity contribution is -0.0903. The van der Waals surface area contributed by atoms with E-state index in [1.807, 2.05) is 6.92 Å². The van der Waals surface area contributed by atoms with Crippen LogP contribution in [0, 0.1) is 0 Å². The zero-order valence-corrected chi connectivity index (χ0v) is 10.7. The van der Waals surface area contributed by atoms with Crippen molar-refractivity contribution >= 4 is 0 Å². The lowest BCUT2D eigenvalue weighted by Gasteiger charge is -2.42. The van der Waals surface area contributed by atoms with Crippen molar-refractivity contribution in [2.75, 3.05) is 13.2 Å². The van der Waals surface area contributed by atoms with E-state index in [4.69, 9.17) is 15.3 Å². The normalized spacial score (nSPS) is 25.2. The minimum absolute atomic E-state index is 0.00486. The van der Waals surface area contributed by atoms with Crippen molar-refractivity contribution in [3.63, 3.8) is 0 Å². The molecule has 0 saturated heterocycles. The Morgan fingerprint density at radius 1 is 1.47 bits per heavy atom. The number of hydrogen-bond donors (Lipinski definition) is 2. The van der Waals surface area contributed by atoms with Crippen LogP contribution in [0.1, 0.15) is 45.4 Å². The van der Waals surface area contributed by atoms with Gasteiger partial charge in [0.05, 0.1) is 12.2 Å². The average molecular weight is 240 g/mol. The number of nitrogens with one attached hydrogen (secondary N) is 1. The summed E-state index contributed by atoms with van der Waals surface area (Å²) >= 11 is 0. The summed E-state index contributed by atoms with van der Waals surface area (Å²) in [4.78, 5) is 0. The molecule has 0 bridgehead atoms. The molecular weight excluding hydrogens is 216 g/mol. The van der Waals surface area contributed by atoms with Gasteiger partial charge in [0.25, 0.3) is 0 Å². The molecule has 0 aromatic rings. The van der Waals surface area contributed by atoms with E-state index in [-0.39, 0.29) is 11.6 Å². The number of hydrogen-bond acceptors (Lipinski definition) is 4. The minimum atomic E-state index is -0.169. The van der Waals surface area contributed by atoms with Gasteiger partial charge in [-0.1, -0.05) is 19.3 Å². The summed E-state index contributed by atoms with van der Waals surface area (Å²) in [7, 11) is 0. The first-order chi connectivity index (χ1) is 8.32. The molecule has 0 aromatic heterocycles. The molecule has 0 spiro atoms. The summed E-state index contributed by atoms with van der Waals surface area (Å²) < 4.78 is 11.7. The van der Waals surface area contributed by atoms with E-state index in [2.05, 4.69) is 11.5 Å². The predicted octanol–water partition coefficient (Wildman–Crippen LogP) is 1.86. The Labute approximate surface area is 104 Å². The van der Waals surface area contributed by atoms with Crippen molar-refractivity contribution in [3.05, 3.63) is 11.8 Å². The molecule has 1 atom stereocenters. The van der Waals surface area contributed by atoms with E-state index in [0.29, 0.717) is 0 Å². The molecule has 0 amide bonds. The minimum Gasteiger partial charge on any atom is -0.496 e. The number of hydrazine groups is 1. The third-order valence-corrected chi connectivity index (χ3v) is 3.84. The largest absolute Gasteiger partial charge is 0.496 e. The summed E-state index contributed by atoms with van der Waals surface area (Å²) in [6.07, 6.45) is 8.98. The predicted molar refractivity (Wildman–Crippen MR) is 67.2 cm³/mol. The van der Waals surface area contributed by atoms with E-state index in [1.54, 1.807) is 0 Å². The van der Waals surface area contributed by atoms with Crippen molar-refractivity contribution < 1.29 is 9.47 Å². The van der Waals surface area contributed by atoms with Gasteiger partial charge in [-0.2, -0.15) is 0 Å². The fourth-order valence-electron chi connectivity index (χ4n) is 3.09. The maximum absolute atomic E-state index is 6.07. The van der Waals surface area contributed by atoms with Crippen LogP contribution >= 0.6 is 0 Å². The molecule has 1 unspecified atom stereocenters. The Morgan fingerprint density at radius 3 is 2.76 bits per heavy atom. The average Bonchev–Trinajstić information content (AvgIpc) is 2.85. The van der Waals surface area contributed by atoms with Gasteiger partial charge in [0, 0.05) is 13.0 Å². The van der Waals surface area contributed by atoms with E-state index < -0.39 is 0 Å². The second-order valence-electron chi connectivity index (χ2n) is 4.90. The van der Waals surface area contributed by atoms with Gasteiger partial charge in [-0.15, -0.1) is 0 Å². The summed E-state index contributed by atoms with van der Waals surface area (Å²) in [5, 5.41) is 0. The highest BCUT2D eigenvalue weighted by Gasteiger charge is 2.43. The maximum Gasteiger partial charge on any atom is 0.113 e. The van der Waals surface area contributed by atoms with Gasteiger partial charge in [-0.3, -0.25) is 5.84 Å². The van der Waals surface area contributed by atoms with Gasteiger partial charge in [0.1, 0.15) is 11.8 Å². The van der Waals surface area contributed by atoms with Gasteiger partial charge < -0.3 is 9.47 Å². The molecule has 4 nitrogen and oxygen atoms in total. The molecule has 1 heterocycles. The van der Waals surface area contributed by atoms with Gasteiger partial charge in [-0.05, 0) is 25.8 Å². The molecule has 2 aliphatic rings. The van der Waals surface area contributed by atoms with Crippen molar-refractivity contribution in [2.24, 2.45) is 5.84 Å². The maximum atomic E-state index is 6.07. The topological polar surface area (TPSA) is 56.5 Å². The third-order valence-electron chi connectivity index (χ3n) is 3.84. The number of ether oxygens (including phenoxy) is 2. The van der Waals surface area contributed by atoms with Gasteiger partial charge >= 0.3 is 0 Å². The molecule has 98 valence electrons. The van der Waals surface area contributed by atoms with Crippen LogP contribution in [-0.4, -0.2) is 24.9 Å². The van der Waals surface area contributed by atoms with Crippen LogP contribution in [0.25, 0.3) is 0 Å². The summed E-state index contributed by atoms with van der Waals surface area (Å²) in [6.45, 7) is 3.55. The van der Waals surface area contributed by atoms with Crippen LogP contribution in [0.3, 0.4) is 0 Å². The zero-order valence-electron chi connectivity index (χ0n) is 10.7. The highest BCUT2D eigenvalue weighted by atomic mass is 16.5. The molecule has 4 heteroatoms. The SMILES string of the molecule is CCOC1(C(NN)C2=CCCO2)CCCCC1. The van der Waals surface area contributed by atoms with Crippen molar-refractivity contribution in [2.45, 2.75) is 57.1 Å². The zero-order chi connectivity index (χ0) is 12.1. The molecule has 1 saturated carbocycles. The van der Waals surface area contributed by atoms with Gasteiger partial charge in [-0.25, -0.2) is 5.43 Å². The highest BCUT2D eigenvalue weighted by molar-refractivity contribution is 5.15. The first-order valence-electron chi connectivity index (χ1n) is 6.75. The number of rotatable bonds is 5. The smallest absolute Gasteiger partial charge is 0.113 e. The molecule has 1 aliphatic heterocycles. The molecule has 2 rings (SSSR count). The Hall–Kier alpha value is -0.580. The van der Waals surface area contributed by atoms with Crippen LogP contribution < -0.4 is 11.3 Å². The Balaban J connectivity index is 2.16. The first-order valence-corrected chi connectivity index (χ1v) is 6.75. The lowest BCUT2D eigenvalue weighted by atomic mass is 9.78. The Morgan fingerprint density at radius 2 is 2.24 bits per heavy atom. The van der Waals surface area contributed by atoms with Crippen molar-refractivity contribution in [1.82, 2.24) is 5.43 Å². The lowest BCUT2D eigenvalue weighted by Crippen LogP contribution is -2.57. The summed E-state index contributed by atoms with van der Waals surface area (Å²) in [5.41, 5.74) is 2.75. The molecular formula is C13H24N2O2. The Bertz CT molecular complexity index is 267. The van der Waals surface area contributed by atoms with Crippen LogP contribution in [0.2, 0.25) is 0 Å². The fraction of sp³-hybridized carbons (Fsp3) is 0.846. The van der Waals surface area contributed by atoms with E-state index in [0.717, 1.165) is 38.2 Å². The van der Waals surface area contributed by atoms with Crippen molar-refractivity contribution in [1.29, 1.82) is 0 Å². The van der Waals surface area contributed by atoms with Gasteiger partial charge in [0.2, 0.25) is 0 Å². The van der Waals surface area contributed by atoms with Gasteiger partial charge in [0.15, 0.2) is 0 Å². The van der Waals surface area contributed by atoms with Crippen LogP contribution in [-0.2, 0) is 9.47 Å². The molecule has 0 aromatic carbocycles. The first kappa shape index (κ1) is 12.9. The van der Waals surface area contributed by atoms with Crippen molar-refractivity contribution in [3.8, 4) is 0 Å². The molecule has 3 N–H and O–H groups in total. The van der Waals surface area contributed by atoms with Crippen LogP contribution in [0.15, 0.2) is 11.8 Å². The second-order valence-corrected chi connectivity index (χ2v) is 4.90. The standard InChI is InChI=1S/C13H24N2O2/c1-2-17-13(8-4-3-5-9-13)12(15-14)11-7-6-10-16-11/h7,12,15H,2-6,8-10,14H2,1H3. The third kappa shape index (κ3) is 2.64. The molecule has 17 heavy (non-hydrogen) atoms.